The zero-order chi connectivity index (χ0) is 10.0. The SMILES string of the molecule is C=C(C(=O)O)c1cn[nH]c1[N+](=O)[O-]. The smallest absolute Gasteiger partial charge is 0.350 e. The summed E-state index contributed by atoms with van der Waals surface area (Å²) in [6.45, 7) is 3.18. The second-order valence-electron chi connectivity index (χ2n) is 2.17. The first kappa shape index (κ1) is 8.91. The number of aromatic amines is 1. The van der Waals surface area contributed by atoms with E-state index < -0.39 is 16.7 Å². The van der Waals surface area contributed by atoms with E-state index in [1.54, 1.807) is 0 Å². The second-order valence-corrected chi connectivity index (χ2v) is 2.17. The highest BCUT2D eigenvalue weighted by atomic mass is 16.6. The zero-order valence-electron chi connectivity index (χ0n) is 6.35. The molecule has 1 aromatic rings. The third-order valence-electron chi connectivity index (χ3n) is 1.39. The summed E-state index contributed by atoms with van der Waals surface area (Å²) in [6.07, 6.45) is 1.05. The fourth-order valence-electron chi connectivity index (χ4n) is 0.755. The van der Waals surface area contributed by atoms with E-state index in [0.717, 1.165) is 6.20 Å². The van der Waals surface area contributed by atoms with E-state index in [0.29, 0.717) is 0 Å². The highest BCUT2D eigenvalue weighted by Gasteiger charge is 2.21. The van der Waals surface area contributed by atoms with Gasteiger partial charge in [0, 0.05) is 0 Å². The molecular formula is C6H5N3O4. The summed E-state index contributed by atoms with van der Waals surface area (Å²) in [7, 11) is 0. The van der Waals surface area contributed by atoms with E-state index >= 15 is 0 Å². The molecule has 68 valence electrons. The van der Waals surface area contributed by atoms with Gasteiger partial charge in [-0.3, -0.25) is 0 Å². The minimum atomic E-state index is -1.32. The molecule has 7 heteroatoms. The van der Waals surface area contributed by atoms with Gasteiger partial charge in [-0.25, -0.2) is 4.79 Å². The lowest BCUT2D eigenvalue weighted by Gasteiger charge is -1.95. The Labute approximate surface area is 71.8 Å². The Morgan fingerprint density at radius 3 is 2.85 bits per heavy atom. The zero-order valence-corrected chi connectivity index (χ0v) is 6.35. The molecule has 0 aliphatic heterocycles. The summed E-state index contributed by atoms with van der Waals surface area (Å²) in [5.41, 5.74) is -0.474. The van der Waals surface area contributed by atoms with Crippen molar-refractivity contribution in [2.75, 3.05) is 0 Å². The minimum absolute atomic E-state index is 0.113. The fourth-order valence-corrected chi connectivity index (χ4v) is 0.755. The molecule has 2 N–H and O–H groups in total. The standard InChI is InChI=1S/C6H5N3O4/c1-3(6(10)11)4-2-7-8-5(4)9(12)13/h2H,1H2,(H,7,8)(H,10,11). The van der Waals surface area contributed by atoms with Crippen LogP contribution in [0.1, 0.15) is 5.56 Å². The normalized spacial score (nSPS) is 9.54. The lowest BCUT2D eigenvalue weighted by atomic mass is 10.1. The number of nitrogens with one attached hydrogen (secondary N) is 1. The van der Waals surface area contributed by atoms with Crippen molar-refractivity contribution in [1.29, 1.82) is 0 Å². The van der Waals surface area contributed by atoms with Gasteiger partial charge in [0.1, 0.15) is 5.56 Å². The predicted molar refractivity (Wildman–Crippen MR) is 41.9 cm³/mol. The van der Waals surface area contributed by atoms with E-state index in [1.807, 2.05) is 0 Å². The molecule has 0 radical (unpaired) electrons. The molecule has 0 aliphatic rings. The van der Waals surface area contributed by atoms with Crippen molar-refractivity contribution in [2.24, 2.45) is 0 Å². The lowest BCUT2D eigenvalue weighted by Crippen LogP contribution is -2.00. The van der Waals surface area contributed by atoms with Crippen LogP contribution in [0.4, 0.5) is 5.82 Å². The lowest BCUT2D eigenvalue weighted by molar-refractivity contribution is -0.389. The van der Waals surface area contributed by atoms with Crippen molar-refractivity contribution < 1.29 is 14.8 Å². The maximum atomic E-state index is 10.4. The van der Waals surface area contributed by atoms with E-state index in [-0.39, 0.29) is 11.1 Å². The number of hydrogen-bond acceptors (Lipinski definition) is 4. The molecule has 1 aromatic heterocycles. The molecule has 0 unspecified atom stereocenters. The Morgan fingerprint density at radius 1 is 1.77 bits per heavy atom. The summed E-state index contributed by atoms with van der Waals surface area (Å²) < 4.78 is 0. The molecule has 1 rings (SSSR count). The van der Waals surface area contributed by atoms with Gasteiger partial charge in [-0.05, 0) is 4.92 Å². The first-order valence-electron chi connectivity index (χ1n) is 3.14. The summed E-state index contributed by atoms with van der Waals surface area (Å²) >= 11 is 0. The average Bonchev–Trinajstić information content (AvgIpc) is 2.50. The van der Waals surface area contributed by atoms with Gasteiger partial charge in [-0.2, -0.15) is 0 Å². The number of hydrogen-bond donors (Lipinski definition) is 2. The van der Waals surface area contributed by atoms with Crippen LogP contribution < -0.4 is 0 Å². The maximum Gasteiger partial charge on any atom is 0.350 e. The molecule has 0 bridgehead atoms. The van der Waals surface area contributed by atoms with E-state index in [1.165, 1.54) is 0 Å². The van der Waals surface area contributed by atoms with Crippen LogP contribution in [0.3, 0.4) is 0 Å². The Bertz CT molecular complexity index is 381. The van der Waals surface area contributed by atoms with Crippen LogP contribution in [0.5, 0.6) is 0 Å². The van der Waals surface area contributed by atoms with Crippen LogP contribution >= 0.6 is 0 Å². The van der Waals surface area contributed by atoms with Crippen LogP contribution in [0, 0.1) is 10.1 Å². The van der Waals surface area contributed by atoms with Crippen molar-refractivity contribution in [2.45, 2.75) is 0 Å². The first-order chi connectivity index (χ1) is 6.04. The molecule has 0 spiro atoms. The van der Waals surface area contributed by atoms with Gasteiger partial charge >= 0.3 is 11.8 Å². The molecule has 0 aliphatic carbocycles. The van der Waals surface area contributed by atoms with Crippen LogP contribution in [0.2, 0.25) is 0 Å². The van der Waals surface area contributed by atoms with Gasteiger partial charge < -0.3 is 15.2 Å². The number of nitrogens with zero attached hydrogens (tertiary/aromatic N) is 2. The molecule has 0 saturated carbocycles. The number of nitro groups is 1. The van der Waals surface area contributed by atoms with Gasteiger partial charge in [0.2, 0.25) is 0 Å². The van der Waals surface area contributed by atoms with Gasteiger partial charge in [0.05, 0.1) is 11.8 Å². The fraction of sp³-hybridized carbons (Fsp3) is 0. The van der Waals surface area contributed by atoms with Crippen molar-refractivity contribution in [3.05, 3.63) is 28.5 Å². The number of carboxylic acids is 1. The van der Waals surface area contributed by atoms with Crippen molar-refractivity contribution in [1.82, 2.24) is 10.2 Å². The number of H-pyrrole nitrogens is 1. The molecule has 13 heavy (non-hydrogen) atoms. The number of carbonyl (C=O) groups is 1. The number of aliphatic carboxylic acids is 1. The molecule has 1 heterocycles. The van der Waals surface area contributed by atoms with Gasteiger partial charge in [0.15, 0.2) is 0 Å². The molecule has 0 atom stereocenters. The third kappa shape index (κ3) is 1.53. The van der Waals surface area contributed by atoms with Crippen LogP contribution in [0.25, 0.3) is 5.57 Å². The number of rotatable bonds is 3. The highest BCUT2D eigenvalue weighted by molar-refractivity contribution is 6.15. The Balaban J connectivity index is 3.15. The quantitative estimate of drug-likeness (QED) is 0.400. The van der Waals surface area contributed by atoms with E-state index in [2.05, 4.69) is 16.8 Å². The topological polar surface area (TPSA) is 109 Å². The summed E-state index contributed by atoms with van der Waals surface area (Å²) in [5, 5.41) is 24.2. The van der Waals surface area contributed by atoms with Crippen LogP contribution in [-0.4, -0.2) is 26.2 Å². The third-order valence-corrected chi connectivity index (χ3v) is 1.39. The average molecular weight is 183 g/mol. The van der Waals surface area contributed by atoms with Gasteiger partial charge in [-0.15, -0.1) is 5.10 Å². The van der Waals surface area contributed by atoms with Gasteiger partial charge in [-0.1, -0.05) is 11.7 Å². The van der Waals surface area contributed by atoms with Gasteiger partial charge in [0.25, 0.3) is 0 Å². The Hall–Kier alpha value is -2.18. The summed E-state index contributed by atoms with van der Waals surface area (Å²) in [4.78, 5) is 20.0. The molecule has 0 saturated heterocycles. The molecule has 0 amide bonds. The first-order valence-corrected chi connectivity index (χ1v) is 3.14. The number of aromatic nitrogens is 2. The monoisotopic (exact) mass is 183 g/mol. The van der Waals surface area contributed by atoms with Crippen molar-refractivity contribution in [3.63, 3.8) is 0 Å². The van der Waals surface area contributed by atoms with E-state index in [4.69, 9.17) is 5.11 Å². The largest absolute Gasteiger partial charge is 0.478 e. The van der Waals surface area contributed by atoms with Crippen molar-refractivity contribution in [3.8, 4) is 0 Å². The molecular weight excluding hydrogens is 178 g/mol. The second kappa shape index (κ2) is 3.05. The van der Waals surface area contributed by atoms with Crippen LogP contribution in [-0.2, 0) is 4.79 Å². The minimum Gasteiger partial charge on any atom is -0.478 e. The molecule has 0 aromatic carbocycles. The number of carboxylic acid groups (broad SMARTS) is 1. The van der Waals surface area contributed by atoms with Crippen molar-refractivity contribution >= 4 is 17.4 Å². The van der Waals surface area contributed by atoms with Crippen LogP contribution in [0.15, 0.2) is 12.8 Å². The molecule has 7 nitrogen and oxygen atoms in total. The Kier molecular flexibility index (Phi) is 2.09. The summed E-state index contributed by atoms with van der Waals surface area (Å²) in [6, 6.07) is 0. The highest BCUT2D eigenvalue weighted by Crippen LogP contribution is 2.21. The summed E-state index contributed by atoms with van der Waals surface area (Å²) in [5.74, 6) is -1.78. The van der Waals surface area contributed by atoms with E-state index in [9.17, 15) is 14.9 Å². The Morgan fingerprint density at radius 2 is 2.38 bits per heavy atom. The maximum absolute atomic E-state index is 10.4. The molecule has 0 fully saturated rings. The predicted octanol–water partition coefficient (Wildman–Crippen LogP) is 0.416.